The molecule has 19 heavy (non-hydrogen) atoms. The van der Waals surface area contributed by atoms with Crippen molar-refractivity contribution in [2.75, 3.05) is 24.6 Å². The summed E-state index contributed by atoms with van der Waals surface area (Å²) in [6.07, 6.45) is 0.227. The van der Waals surface area contributed by atoms with Gasteiger partial charge in [-0.2, -0.15) is 5.26 Å². The van der Waals surface area contributed by atoms with Gasteiger partial charge in [-0.25, -0.2) is 0 Å². The number of nitrogens with zero attached hydrogens (tertiary/aromatic N) is 2. The lowest BCUT2D eigenvalue weighted by Crippen LogP contribution is -2.41. The van der Waals surface area contributed by atoms with E-state index in [9.17, 15) is 5.26 Å². The topological polar surface area (TPSA) is 36.3 Å². The predicted octanol–water partition coefficient (Wildman–Crippen LogP) is 3.22. The van der Waals surface area contributed by atoms with E-state index in [0.29, 0.717) is 5.92 Å². The van der Waals surface area contributed by atoms with Crippen molar-refractivity contribution in [3.05, 3.63) is 28.8 Å². The molecule has 0 aliphatic carbocycles. The second-order valence-corrected chi connectivity index (χ2v) is 5.62. The Morgan fingerprint density at radius 1 is 1.42 bits per heavy atom. The number of aryl methyl sites for hydroxylation is 1. The Hall–Kier alpha value is -1.53. The number of anilines is 1. The standard InChI is InChI=1S/C16H22N2O/c1-11(2)15-8-14(9-17)16(7-12(15)3)18-5-6-19-13(4)10-18/h7-8,11,13H,5-6,10H2,1-4H3. The van der Waals surface area contributed by atoms with Crippen LogP contribution in [-0.4, -0.2) is 25.8 Å². The van der Waals surface area contributed by atoms with E-state index in [4.69, 9.17) is 4.74 Å². The summed E-state index contributed by atoms with van der Waals surface area (Å²) >= 11 is 0. The van der Waals surface area contributed by atoms with E-state index >= 15 is 0 Å². The molecule has 3 nitrogen and oxygen atoms in total. The van der Waals surface area contributed by atoms with Gasteiger partial charge in [0.2, 0.25) is 0 Å². The zero-order valence-corrected chi connectivity index (χ0v) is 12.2. The van der Waals surface area contributed by atoms with Gasteiger partial charge in [-0.3, -0.25) is 0 Å². The van der Waals surface area contributed by atoms with E-state index in [1.165, 1.54) is 11.1 Å². The molecule has 0 amide bonds. The first-order chi connectivity index (χ1) is 9.02. The quantitative estimate of drug-likeness (QED) is 0.817. The number of nitriles is 1. The Balaban J connectivity index is 2.40. The van der Waals surface area contributed by atoms with Gasteiger partial charge >= 0.3 is 0 Å². The first-order valence-electron chi connectivity index (χ1n) is 6.94. The molecule has 0 radical (unpaired) electrons. The van der Waals surface area contributed by atoms with Crippen LogP contribution < -0.4 is 4.90 Å². The zero-order chi connectivity index (χ0) is 14.0. The van der Waals surface area contributed by atoms with Crippen LogP contribution in [0.5, 0.6) is 0 Å². The van der Waals surface area contributed by atoms with Crippen LogP contribution in [0.15, 0.2) is 12.1 Å². The highest BCUT2D eigenvalue weighted by Crippen LogP contribution is 2.29. The minimum absolute atomic E-state index is 0.227. The van der Waals surface area contributed by atoms with Crippen molar-refractivity contribution in [2.45, 2.75) is 39.7 Å². The highest BCUT2D eigenvalue weighted by atomic mass is 16.5. The van der Waals surface area contributed by atoms with Gasteiger partial charge in [0.1, 0.15) is 6.07 Å². The highest BCUT2D eigenvalue weighted by Gasteiger charge is 2.20. The normalized spacial score (nSPS) is 19.6. The van der Waals surface area contributed by atoms with Gasteiger partial charge in [0, 0.05) is 13.1 Å². The summed E-state index contributed by atoms with van der Waals surface area (Å²) in [5.74, 6) is 0.449. The van der Waals surface area contributed by atoms with Crippen molar-refractivity contribution in [2.24, 2.45) is 0 Å². The molecule has 2 rings (SSSR count). The summed E-state index contributed by atoms with van der Waals surface area (Å²) < 4.78 is 5.57. The van der Waals surface area contributed by atoms with Gasteiger partial charge in [-0.1, -0.05) is 13.8 Å². The summed E-state index contributed by atoms with van der Waals surface area (Å²) in [6, 6.07) is 6.56. The third-order valence-electron chi connectivity index (χ3n) is 3.71. The molecule has 0 N–H and O–H groups in total. The van der Waals surface area contributed by atoms with Gasteiger partial charge in [-0.15, -0.1) is 0 Å². The summed E-state index contributed by atoms with van der Waals surface area (Å²) in [4.78, 5) is 2.27. The maximum atomic E-state index is 9.40. The van der Waals surface area contributed by atoms with E-state index < -0.39 is 0 Å². The first-order valence-corrected chi connectivity index (χ1v) is 6.94. The average Bonchev–Trinajstić information content (AvgIpc) is 2.38. The lowest BCUT2D eigenvalue weighted by molar-refractivity contribution is 0.0532. The van der Waals surface area contributed by atoms with Crippen molar-refractivity contribution in [3.63, 3.8) is 0 Å². The van der Waals surface area contributed by atoms with E-state index in [0.717, 1.165) is 30.9 Å². The van der Waals surface area contributed by atoms with Crippen LogP contribution in [0.3, 0.4) is 0 Å². The molecule has 1 heterocycles. The molecule has 0 aromatic heterocycles. The Labute approximate surface area is 115 Å². The van der Waals surface area contributed by atoms with Gasteiger partial charge < -0.3 is 9.64 Å². The van der Waals surface area contributed by atoms with Crippen molar-refractivity contribution in [3.8, 4) is 6.07 Å². The molecule has 1 fully saturated rings. The Kier molecular flexibility index (Phi) is 4.11. The van der Waals surface area contributed by atoms with Crippen molar-refractivity contribution >= 4 is 5.69 Å². The van der Waals surface area contributed by atoms with E-state index in [1.54, 1.807) is 0 Å². The minimum Gasteiger partial charge on any atom is -0.375 e. The highest BCUT2D eigenvalue weighted by molar-refractivity contribution is 5.63. The molecule has 1 aromatic rings. The molecular formula is C16H22N2O. The third-order valence-corrected chi connectivity index (χ3v) is 3.71. The summed E-state index contributed by atoms with van der Waals surface area (Å²) in [5, 5.41) is 9.40. The molecule has 1 saturated heterocycles. The fourth-order valence-electron chi connectivity index (χ4n) is 2.72. The average molecular weight is 258 g/mol. The van der Waals surface area contributed by atoms with Gasteiger partial charge in [0.25, 0.3) is 0 Å². The van der Waals surface area contributed by atoms with Gasteiger partial charge in [-0.05, 0) is 43.0 Å². The molecule has 1 aliphatic heterocycles. The monoisotopic (exact) mass is 258 g/mol. The van der Waals surface area contributed by atoms with Gasteiger partial charge in [0.15, 0.2) is 0 Å². The Bertz CT molecular complexity index is 502. The Morgan fingerprint density at radius 3 is 2.74 bits per heavy atom. The van der Waals surface area contributed by atoms with Crippen LogP contribution in [0.1, 0.15) is 43.4 Å². The maximum absolute atomic E-state index is 9.40. The molecule has 1 atom stereocenters. The number of rotatable bonds is 2. The molecule has 3 heteroatoms. The number of ether oxygens (including phenoxy) is 1. The van der Waals surface area contributed by atoms with Crippen molar-refractivity contribution in [1.82, 2.24) is 0 Å². The van der Waals surface area contributed by atoms with Crippen LogP contribution in [0.2, 0.25) is 0 Å². The molecule has 0 bridgehead atoms. The zero-order valence-electron chi connectivity index (χ0n) is 12.2. The van der Waals surface area contributed by atoms with E-state index in [2.05, 4.69) is 50.8 Å². The minimum atomic E-state index is 0.227. The smallest absolute Gasteiger partial charge is 0.101 e. The second kappa shape index (κ2) is 5.63. The SMILES string of the molecule is Cc1cc(N2CCOC(C)C2)c(C#N)cc1C(C)C. The molecule has 102 valence electrons. The lowest BCUT2D eigenvalue weighted by Gasteiger charge is -2.34. The van der Waals surface area contributed by atoms with Crippen molar-refractivity contribution < 1.29 is 4.74 Å². The summed E-state index contributed by atoms with van der Waals surface area (Å²) in [7, 11) is 0. The molecular weight excluding hydrogens is 236 g/mol. The van der Waals surface area contributed by atoms with Gasteiger partial charge in [0.05, 0.1) is 24.0 Å². The van der Waals surface area contributed by atoms with Crippen LogP contribution in [0, 0.1) is 18.3 Å². The fraction of sp³-hybridized carbons (Fsp3) is 0.562. The lowest BCUT2D eigenvalue weighted by atomic mass is 9.94. The predicted molar refractivity (Wildman–Crippen MR) is 77.6 cm³/mol. The largest absolute Gasteiger partial charge is 0.375 e. The van der Waals surface area contributed by atoms with E-state index in [-0.39, 0.29) is 6.10 Å². The fourth-order valence-corrected chi connectivity index (χ4v) is 2.72. The molecule has 1 aromatic carbocycles. The number of benzene rings is 1. The molecule has 1 aliphatic rings. The number of hydrogen-bond acceptors (Lipinski definition) is 3. The van der Waals surface area contributed by atoms with Crippen LogP contribution >= 0.6 is 0 Å². The number of hydrogen-bond donors (Lipinski definition) is 0. The Morgan fingerprint density at radius 2 is 2.16 bits per heavy atom. The molecule has 0 spiro atoms. The summed E-state index contributed by atoms with van der Waals surface area (Å²) in [5.41, 5.74) is 4.37. The van der Waals surface area contributed by atoms with Crippen LogP contribution in [0.4, 0.5) is 5.69 Å². The molecule has 1 unspecified atom stereocenters. The number of morpholine rings is 1. The second-order valence-electron chi connectivity index (χ2n) is 5.62. The molecule has 0 saturated carbocycles. The third kappa shape index (κ3) is 2.90. The summed E-state index contributed by atoms with van der Waals surface area (Å²) in [6.45, 7) is 11.0. The van der Waals surface area contributed by atoms with Crippen molar-refractivity contribution in [1.29, 1.82) is 5.26 Å². The maximum Gasteiger partial charge on any atom is 0.101 e. The van der Waals surface area contributed by atoms with Crippen LogP contribution in [-0.2, 0) is 4.74 Å². The first kappa shape index (κ1) is 13.9. The van der Waals surface area contributed by atoms with E-state index in [1.807, 2.05) is 0 Å². The van der Waals surface area contributed by atoms with Crippen LogP contribution in [0.25, 0.3) is 0 Å².